The lowest BCUT2D eigenvalue weighted by Crippen LogP contribution is -2.00. The smallest absolute Gasteiger partial charge is 0.337 e. The molecule has 3 aromatic rings. The van der Waals surface area contributed by atoms with Gasteiger partial charge in [0.2, 0.25) is 0 Å². The molecule has 2 aromatic carbocycles. The molecule has 0 amide bonds. The van der Waals surface area contributed by atoms with Gasteiger partial charge in [0.15, 0.2) is 0 Å². The summed E-state index contributed by atoms with van der Waals surface area (Å²) in [6.07, 6.45) is 6.66. The van der Waals surface area contributed by atoms with E-state index in [0.717, 1.165) is 41.2 Å². The number of methoxy groups -OCH3 is 1. The first kappa shape index (κ1) is 20.6. The summed E-state index contributed by atoms with van der Waals surface area (Å²) in [7, 11) is 1.38. The van der Waals surface area contributed by atoms with Gasteiger partial charge in [0.25, 0.3) is 0 Å². The first-order valence-electron chi connectivity index (χ1n) is 10.1. The molecule has 0 unspecified atom stereocenters. The third-order valence-electron chi connectivity index (χ3n) is 4.82. The summed E-state index contributed by atoms with van der Waals surface area (Å²) in [4.78, 5) is 16.1. The molecule has 0 N–H and O–H groups in total. The number of pyridine rings is 1. The highest BCUT2D eigenvalue weighted by atomic mass is 16.5. The van der Waals surface area contributed by atoms with Crippen molar-refractivity contribution in [3.05, 3.63) is 72.4 Å². The molecule has 0 saturated heterocycles. The Balaban J connectivity index is 1.61. The van der Waals surface area contributed by atoms with Crippen molar-refractivity contribution in [1.29, 1.82) is 0 Å². The van der Waals surface area contributed by atoms with Crippen molar-refractivity contribution in [3.63, 3.8) is 0 Å². The Hall–Kier alpha value is -3.14. The Bertz CT molecular complexity index is 900. The van der Waals surface area contributed by atoms with Crippen molar-refractivity contribution >= 4 is 5.97 Å². The van der Waals surface area contributed by atoms with Crippen LogP contribution in [0.2, 0.25) is 0 Å². The summed E-state index contributed by atoms with van der Waals surface area (Å²) in [6.45, 7) is 2.97. The lowest BCUT2D eigenvalue weighted by atomic mass is 10.0. The van der Waals surface area contributed by atoms with Gasteiger partial charge in [0.1, 0.15) is 5.75 Å². The molecule has 0 aliphatic carbocycles. The largest absolute Gasteiger partial charge is 0.494 e. The molecule has 150 valence electrons. The van der Waals surface area contributed by atoms with Gasteiger partial charge >= 0.3 is 5.97 Å². The van der Waals surface area contributed by atoms with Crippen LogP contribution in [0.15, 0.2) is 66.9 Å². The predicted molar refractivity (Wildman–Crippen MR) is 116 cm³/mol. The van der Waals surface area contributed by atoms with E-state index < -0.39 is 0 Å². The van der Waals surface area contributed by atoms with Crippen LogP contribution in [0.25, 0.3) is 22.4 Å². The van der Waals surface area contributed by atoms with Gasteiger partial charge in [-0.05, 0) is 54.4 Å². The fourth-order valence-corrected chi connectivity index (χ4v) is 3.09. The zero-order chi connectivity index (χ0) is 20.5. The maximum absolute atomic E-state index is 11.5. The molecule has 0 bridgehead atoms. The van der Waals surface area contributed by atoms with Crippen LogP contribution in [0.4, 0.5) is 0 Å². The minimum absolute atomic E-state index is 0.335. The Kier molecular flexibility index (Phi) is 7.40. The predicted octanol–water partition coefficient (Wildman–Crippen LogP) is 6.16. The number of benzene rings is 2. The van der Waals surface area contributed by atoms with E-state index >= 15 is 0 Å². The molecule has 4 heteroatoms. The number of esters is 1. The SMILES string of the molecule is CCCCCCOc1ccc(-c2ccc(-c3ccc(C(=O)OC)cc3)cn2)cc1. The molecule has 4 nitrogen and oxygen atoms in total. The van der Waals surface area contributed by atoms with Crippen molar-refractivity contribution in [1.82, 2.24) is 4.98 Å². The monoisotopic (exact) mass is 389 g/mol. The van der Waals surface area contributed by atoms with Crippen LogP contribution in [0.3, 0.4) is 0 Å². The second kappa shape index (κ2) is 10.4. The van der Waals surface area contributed by atoms with Gasteiger partial charge in [-0.15, -0.1) is 0 Å². The second-order valence-electron chi connectivity index (χ2n) is 6.93. The molecule has 0 radical (unpaired) electrons. The maximum atomic E-state index is 11.5. The normalized spacial score (nSPS) is 10.6. The van der Waals surface area contributed by atoms with Crippen LogP contribution >= 0.6 is 0 Å². The van der Waals surface area contributed by atoms with E-state index in [1.165, 1.54) is 26.4 Å². The number of unbranched alkanes of at least 4 members (excludes halogenated alkanes) is 3. The first-order chi connectivity index (χ1) is 14.2. The summed E-state index contributed by atoms with van der Waals surface area (Å²) in [5.41, 5.74) is 4.50. The van der Waals surface area contributed by atoms with Crippen LogP contribution in [0, 0.1) is 0 Å². The number of hydrogen-bond donors (Lipinski definition) is 0. The van der Waals surface area contributed by atoms with Crippen LogP contribution in [-0.2, 0) is 4.74 Å². The molecular weight excluding hydrogens is 362 g/mol. The summed E-state index contributed by atoms with van der Waals surface area (Å²) < 4.78 is 10.5. The molecule has 0 saturated carbocycles. The van der Waals surface area contributed by atoms with Crippen molar-refractivity contribution in [2.45, 2.75) is 32.6 Å². The minimum Gasteiger partial charge on any atom is -0.494 e. The van der Waals surface area contributed by atoms with Gasteiger partial charge in [-0.25, -0.2) is 4.79 Å². The Morgan fingerprint density at radius 2 is 1.52 bits per heavy atom. The van der Waals surface area contributed by atoms with Gasteiger partial charge < -0.3 is 9.47 Å². The van der Waals surface area contributed by atoms with E-state index in [-0.39, 0.29) is 5.97 Å². The van der Waals surface area contributed by atoms with Crippen LogP contribution in [0.5, 0.6) is 5.75 Å². The van der Waals surface area contributed by atoms with Crippen molar-refractivity contribution in [2.24, 2.45) is 0 Å². The number of ether oxygens (including phenoxy) is 2. The molecular formula is C25H27NO3. The van der Waals surface area contributed by atoms with E-state index in [4.69, 9.17) is 9.47 Å². The first-order valence-corrected chi connectivity index (χ1v) is 10.1. The zero-order valence-electron chi connectivity index (χ0n) is 17.1. The Morgan fingerprint density at radius 1 is 0.828 bits per heavy atom. The molecule has 29 heavy (non-hydrogen) atoms. The molecule has 0 aliphatic heterocycles. The summed E-state index contributed by atoms with van der Waals surface area (Å²) in [6, 6.07) is 19.4. The van der Waals surface area contributed by atoms with Gasteiger partial charge in [-0.3, -0.25) is 4.98 Å². The molecule has 1 heterocycles. The maximum Gasteiger partial charge on any atom is 0.337 e. The standard InChI is InChI=1S/C25H27NO3/c1-3-4-5-6-17-29-23-14-11-20(12-15-23)24-16-13-22(18-26-24)19-7-9-21(10-8-19)25(27)28-2/h7-16,18H,3-6,17H2,1-2H3. The lowest BCUT2D eigenvalue weighted by molar-refractivity contribution is 0.0601. The van der Waals surface area contributed by atoms with E-state index in [9.17, 15) is 4.79 Å². The number of rotatable bonds is 9. The highest BCUT2D eigenvalue weighted by molar-refractivity contribution is 5.90. The lowest BCUT2D eigenvalue weighted by Gasteiger charge is -2.08. The second-order valence-corrected chi connectivity index (χ2v) is 6.93. The Labute approximate surface area is 172 Å². The van der Waals surface area contributed by atoms with Crippen LogP contribution in [0.1, 0.15) is 43.0 Å². The molecule has 0 atom stereocenters. The summed E-state index contributed by atoms with van der Waals surface area (Å²) in [5, 5.41) is 0. The average Bonchev–Trinajstić information content (AvgIpc) is 2.79. The Morgan fingerprint density at radius 3 is 2.14 bits per heavy atom. The number of nitrogens with zero attached hydrogens (tertiary/aromatic N) is 1. The minimum atomic E-state index is -0.335. The number of hydrogen-bond acceptors (Lipinski definition) is 4. The van der Waals surface area contributed by atoms with Gasteiger partial charge in [0.05, 0.1) is 25.0 Å². The number of carbonyl (C=O) groups is 1. The van der Waals surface area contributed by atoms with Gasteiger partial charge in [0, 0.05) is 17.3 Å². The van der Waals surface area contributed by atoms with Gasteiger partial charge in [-0.1, -0.05) is 44.4 Å². The van der Waals surface area contributed by atoms with Crippen molar-refractivity contribution in [2.75, 3.05) is 13.7 Å². The van der Waals surface area contributed by atoms with E-state index in [1.807, 2.05) is 54.7 Å². The van der Waals surface area contributed by atoms with Crippen LogP contribution in [-0.4, -0.2) is 24.7 Å². The fourth-order valence-electron chi connectivity index (χ4n) is 3.09. The number of carbonyl (C=O) groups excluding carboxylic acids is 1. The van der Waals surface area contributed by atoms with Crippen molar-refractivity contribution in [3.8, 4) is 28.1 Å². The third kappa shape index (κ3) is 5.67. The highest BCUT2D eigenvalue weighted by Gasteiger charge is 2.06. The van der Waals surface area contributed by atoms with E-state index in [0.29, 0.717) is 5.56 Å². The van der Waals surface area contributed by atoms with Crippen molar-refractivity contribution < 1.29 is 14.3 Å². The van der Waals surface area contributed by atoms with E-state index in [1.54, 1.807) is 12.1 Å². The number of aromatic nitrogens is 1. The highest BCUT2D eigenvalue weighted by Crippen LogP contribution is 2.24. The molecule has 1 aromatic heterocycles. The van der Waals surface area contributed by atoms with E-state index in [2.05, 4.69) is 11.9 Å². The summed E-state index contributed by atoms with van der Waals surface area (Å²) in [5.74, 6) is 0.561. The molecule has 0 fully saturated rings. The van der Waals surface area contributed by atoms with Gasteiger partial charge in [-0.2, -0.15) is 0 Å². The average molecular weight is 389 g/mol. The zero-order valence-corrected chi connectivity index (χ0v) is 17.1. The third-order valence-corrected chi connectivity index (χ3v) is 4.82. The fraction of sp³-hybridized carbons (Fsp3) is 0.280. The topological polar surface area (TPSA) is 48.4 Å². The molecule has 3 rings (SSSR count). The summed E-state index contributed by atoms with van der Waals surface area (Å²) >= 11 is 0. The van der Waals surface area contributed by atoms with Crippen LogP contribution < -0.4 is 4.74 Å². The molecule has 0 aliphatic rings. The quantitative estimate of drug-likeness (QED) is 0.325. The molecule has 0 spiro atoms.